The van der Waals surface area contributed by atoms with Crippen LogP contribution in [0.4, 0.5) is 4.79 Å². The van der Waals surface area contributed by atoms with Gasteiger partial charge in [-0.1, -0.05) is 0 Å². The highest BCUT2D eigenvalue weighted by molar-refractivity contribution is 5.82. The summed E-state index contributed by atoms with van der Waals surface area (Å²) in [6.07, 6.45) is 2.94. The summed E-state index contributed by atoms with van der Waals surface area (Å²) in [6, 6.07) is -0.622. The van der Waals surface area contributed by atoms with Crippen LogP contribution in [0.1, 0.15) is 46.5 Å². The van der Waals surface area contributed by atoms with E-state index in [4.69, 9.17) is 14.2 Å². The average molecular weight is 299 g/mol. The number of carbonyl (C=O) groups is 2. The standard InChI is InChI=1S/C15H25NO5/c1-14(2,3)21-13(18)16-10-15(7-5-6-8-20-15)9-11(16)12(17)19-4/h11H,5-10H2,1-4H3/t11-,15?/m0/s1. The molecule has 1 unspecified atom stereocenters. The molecule has 6 heteroatoms. The van der Waals surface area contributed by atoms with E-state index in [0.717, 1.165) is 19.3 Å². The van der Waals surface area contributed by atoms with Crippen LogP contribution >= 0.6 is 0 Å². The zero-order valence-corrected chi connectivity index (χ0v) is 13.3. The zero-order valence-electron chi connectivity index (χ0n) is 13.3. The summed E-state index contributed by atoms with van der Waals surface area (Å²) >= 11 is 0. The minimum absolute atomic E-state index is 0.391. The number of hydrogen-bond donors (Lipinski definition) is 0. The smallest absolute Gasteiger partial charge is 0.411 e. The number of esters is 1. The average Bonchev–Trinajstić information content (AvgIpc) is 2.76. The van der Waals surface area contributed by atoms with Gasteiger partial charge in [0.2, 0.25) is 0 Å². The summed E-state index contributed by atoms with van der Waals surface area (Å²) in [7, 11) is 1.34. The van der Waals surface area contributed by atoms with Crippen LogP contribution < -0.4 is 0 Å². The Balaban J connectivity index is 2.16. The predicted octanol–water partition coefficient (Wildman–Crippen LogP) is 2.11. The lowest BCUT2D eigenvalue weighted by Gasteiger charge is -2.33. The summed E-state index contributed by atoms with van der Waals surface area (Å²) in [5.41, 5.74) is -1.02. The molecule has 21 heavy (non-hydrogen) atoms. The van der Waals surface area contributed by atoms with Crippen molar-refractivity contribution in [2.45, 2.75) is 63.7 Å². The van der Waals surface area contributed by atoms with Crippen LogP contribution in [0.25, 0.3) is 0 Å². The first-order chi connectivity index (χ1) is 9.76. The van der Waals surface area contributed by atoms with E-state index in [0.29, 0.717) is 19.6 Å². The Morgan fingerprint density at radius 1 is 1.29 bits per heavy atom. The van der Waals surface area contributed by atoms with E-state index in [1.54, 1.807) is 20.8 Å². The Morgan fingerprint density at radius 2 is 2.00 bits per heavy atom. The minimum atomic E-state index is -0.622. The van der Waals surface area contributed by atoms with Crippen molar-refractivity contribution in [3.05, 3.63) is 0 Å². The fraction of sp³-hybridized carbons (Fsp3) is 0.867. The molecular weight excluding hydrogens is 274 g/mol. The number of carbonyl (C=O) groups excluding carboxylic acids is 2. The van der Waals surface area contributed by atoms with E-state index in [1.807, 2.05) is 0 Å². The van der Waals surface area contributed by atoms with Crippen LogP contribution in [0, 0.1) is 0 Å². The zero-order chi connectivity index (χ0) is 15.7. The Kier molecular flexibility index (Phi) is 4.46. The third-order valence-corrected chi connectivity index (χ3v) is 3.94. The van der Waals surface area contributed by atoms with Gasteiger partial charge in [-0.3, -0.25) is 4.90 Å². The normalized spacial score (nSPS) is 29.5. The van der Waals surface area contributed by atoms with E-state index in [9.17, 15) is 9.59 Å². The molecule has 2 heterocycles. The number of hydrogen-bond acceptors (Lipinski definition) is 5. The highest BCUT2D eigenvalue weighted by Crippen LogP contribution is 2.38. The summed E-state index contributed by atoms with van der Waals surface area (Å²) in [5, 5.41) is 0. The maximum Gasteiger partial charge on any atom is 0.411 e. The molecular formula is C15H25NO5. The van der Waals surface area contributed by atoms with Crippen molar-refractivity contribution in [1.82, 2.24) is 4.90 Å². The highest BCUT2D eigenvalue weighted by Gasteiger charge is 2.51. The molecule has 2 atom stereocenters. The SMILES string of the molecule is COC(=O)[C@@H]1CC2(CCCCO2)CN1C(=O)OC(C)(C)C. The van der Waals surface area contributed by atoms with Crippen LogP contribution in [0.15, 0.2) is 0 Å². The van der Waals surface area contributed by atoms with E-state index in [-0.39, 0.29) is 0 Å². The molecule has 2 fully saturated rings. The van der Waals surface area contributed by atoms with Gasteiger partial charge in [-0.15, -0.1) is 0 Å². The van der Waals surface area contributed by atoms with Crippen molar-refractivity contribution in [2.75, 3.05) is 20.3 Å². The maximum absolute atomic E-state index is 12.4. The van der Waals surface area contributed by atoms with Crippen molar-refractivity contribution in [3.8, 4) is 0 Å². The molecule has 0 radical (unpaired) electrons. The summed E-state index contributed by atoms with van der Waals surface area (Å²) in [4.78, 5) is 25.8. The van der Waals surface area contributed by atoms with Crippen LogP contribution in [0.5, 0.6) is 0 Å². The number of nitrogens with zero attached hydrogens (tertiary/aromatic N) is 1. The number of ether oxygens (including phenoxy) is 3. The molecule has 0 aliphatic carbocycles. The Morgan fingerprint density at radius 3 is 2.52 bits per heavy atom. The number of likely N-dealkylation sites (tertiary alicyclic amines) is 1. The van der Waals surface area contributed by atoms with Gasteiger partial charge >= 0.3 is 12.1 Å². The second-order valence-electron chi connectivity index (χ2n) is 6.84. The van der Waals surface area contributed by atoms with Gasteiger partial charge in [-0.2, -0.15) is 0 Å². The van der Waals surface area contributed by atoms with E-state index in [2.05, 4.69) is 0 Å². The lowest BCUT2D eigenvalue weighted by Crippen LogP contribution is -2.45. The first-order valence-corrected chi connectivity index (χ1v) is 7.48. The molecule has 0 aromatic carbocycles. The second-order valence-corrected chi connectivity index (χ2v) is 6.84. The van der Waals surface area contributed by atoms with Crippen LogP contribution in [-0.4, -0.2) is 54.5 Å². The van der Waals surface area contributed by atoms with Gasteiger partial charge in [-0.25, -0.2) is 9.59 Å². The summed E-state index contributed by atoms with van der Waals surface area (Å²) < 4.78 is 16.1. The molecule has 0 aromatic heterocycles. The summed E-state index contributed by atoms with van der Waals surface area (Å²) in [6.45, 7) is 6.49. The van der Waals surface area contributed by atoms with Gasteiger partial charge in [0.15, 0.2) is 0 Å². The van der Waals surface area contributed by atoms with E-state index < -0.39 is 29.3 Å². The summed E-state index contributed by atoms with van der Waals surface area (Å²) in [5.74, 6) is -0.410. The van der Waals surface area contributed by atoms with Crippen molar-refractivity contribution in [1.29, 1.82) is 0 Å². The molecule has 120 valence electrons. The highest BCUT2D eigenvalue weighted by atomic mass is 16.6. The predicted molar refractivity (Wildman–Crippen MR) is 75.9 cm³/mol. The molecule has 2 aliphatic rings. The fourth-order valence-electron chi connectivity index (χ4n) is 3.00. The van der Waals surface area contributed by atoms with Crippen molar-refractivity contribution >= 4 is 12.1 Å². The number of amides is 1. The third kappa shape index (κ3) is 3.67. The quantitative estimate of drug-likeness (QED) is 0.694. The molecule has 2 aliphatic heterocycles. The topological polar surface area (TPSA) is 65.1 Å². The first-order valence-electron chi connectivity index (χ1n) is 7.48. The van der Waals surface area contributed by atoms with E-state index >= 15 is 0 Å². The van der Waals surface area contributed by atoms with Crippen LogP contribution in [-0.2, 0) is 19.0 Å². The van der Waals surface area contributed by atoms with Gasteiger partial charge in [0.05, 0.1) is 19.3 Å². The van der Waals surface area contributed by atoms with Crippen LogP contribution in [0.3, 0.4) is 0 Å². The number of rotatable bonds is 1. The molecule has 0 N–H and O–H groups in total. The molecule has 2 saturated heterocycles. The molecule has 1 amide bonds. The van der Waals surface area contributed by atoms with Gasteiger partial charge in [0.1, 0.15) is 11.6 Å². The second kappa shape index (κ2) is 5.83. The van der Waals surface area contributed by atoms with Crippen molar-refractivity contribution < 1.29 is 23.8 Å². The molecule has 6 nitrogen and oxygen atoms in total. The van der Waals surface area contributed by atoms with Gasteiger partial charge in [0.25, 0.3) is 0 Å². The number of methoxy groups -OCH3 is 1. The Bertz CT molecular complexity index is 409. The molecule has 1 spiro atoms. The minimum Gasteiger partial charge on any atom is -0.467 e. The van der Waals surface area contributed by atoms with Gasteiger partial charge in [0, 0.05) is 13.0 Å². The lowest BCUT2D eigenvalue weighted by molar-refractivity contribution is -0.146. The third-order valence-electron chi connectivity index (χ3n) is 3.94. The van der Waals surface area contributed by atoms with Crippen LogP contribution in [0.2, 0.25) is 0 Å². The monoisotopic (exact) mass is 299 g/mol. The Labute approximate surface area is 125 Å². The van der Waals surface area contributed by atoms with Crippen molar-refractivity contribution in [2.24, 2.45) is 0 Å². The molecule has 0 saturated carbocycles. The fourth-order valence-corrected chi connectivity index (χ4v) is 3.00. The maximum atomic E-state index is 12.4. The van der Waals surface area contributed by atoms with Crippen molar-refractivity contribution in [3.63, 3.8) is 0 Å². The van der Waals surface area contributed by atoms with Gasteiger partial charge in [-0.05, 0) is 40.0 Å². The first kappa shape index (κ1) is 16.1. The Hall–Kier alpha value is -1.30. The van der Waals surface area contributed by atoms with E-state index in [1.165, 1.54) is 12.0 Å². The van der Waals surface area contributed by atoms with Gasteiger partial charge < -0.3 is 14.2 Å². The molecule has 0 aromatic rings. The largest absolute Gasteiger partial charge is 0.467 e. The molecule has 0 bridgehead atoms. The lowest BCUT2D eigenvalue weighted by atomic mass is 9.91. The molecule has 2 rings (SSSR count).